The van der Waals surface area contributed by atoms with Crippen LogP contribution in [0.4, 0.5) is 0 Å². The molecular formula is C13H15BrN4O. The highest BCUT2D eigenvalue weighted by Gasteiger charge is 2.16. The van der Waals surface area contributed by atoms with Crippen molar-refractivity contribution < 1.29 is 4.74 Å². The van der Waals surface area contributed by atoms with Crippen molar-refractivity contribution in [2.75, 3.05) is 7.11 Å². The van der Waals surface area contributed by atoms with Crippen molar-refractivity contribution in [3.05, 3.63) is 52.4 Å². The number of aromatic nitrogens is 2. The van der Waals surface area contributed by atoms with Crippen LogP contribution in [0.5, 0.6) is 5.88 Å². The number of hydrogen-bond donors (Lipinski definition) is 2. The maximum absolute atomic E-state index is 5.64. The summed E-state index contributed by atoms with van der Waals surface area (Å²) in [4.78, 5) is 8.52. The molecular weight excluding hydrogens is 308 g/mol. The Kier molecular flexibility index (Phi) is 4.84. The fourth-order valence-electron chi connectivity index (χ4n) is 1.83. The first kappa shape index (κ1) is 13.9. The van der Waals surface area contributed by atoms with E-state index in [0.29, 0.717) is 12.3 Å². The predicted octanol–water partition coefficient (Wildman–Crippen LogP) is 1.99. The van der Waals surface area contributed by atoms with Gasteiger partial charge in [0.05, 0.1) is 13.2 Å². The molecule has 0 amide bonds. The first-order valence-corrected chi connectivity index (χ1v) is 6.59. The molecule has 0 saturated carbocycles. The smallest absolute Gasteiger partial charge is 0.217 e. The molecule has 5 nitrogen and oxygen atoms in total. The molecule has 1 unspecified atom stereocenters. The molecule has 0 aliphatic heterocycles. The molecule has 0 spiro atoms. The minimum absolute atomic E-state index is 0.0997. The van der Waals surface area contributed by atoms with E-state index in [1.165, 1.54) is 0 Å². The molecule has 2 rings (SSSR count). The van der Waals surface area contributed by atoms with Gasteiger partial charge in [0.2, 0.25) is 5.88 Å². The summed E-state index contributed by atoms with van der Waals surface area (Å²) in [6.45, 7) is 0. The van der Waals surface area contributed by atoms with Crippen molar-refractivity contribution in [3.8, 4) is 5.88 Å². The maximum atomic E-state index is 5.64. The maximum Gasteiger partial charge on any atom is 0.217 e. The third kappa shape index (κ3) is 3.50. The zero-order valence-electron chi connectivity index (χ0n) is 10.5. The average Bonchev–Trinajstić information content (AvgIpc) is 2.46. The quantitative estimate of drug-likeness (QED) is 0.650. The van der Waals surface area contributed by atoms with Gasteiger partial charge in [-0.05, 0) is 34.1 Å². The Hall–Kier alpha value is -1.50. The van der Waals surface area contributed by atoms with E-state index in [0.717, 1.165) is 15.7 Å². The summed E-state index contributed by atoms with van der Waals surface area (Å²) >= 11 is 3.36. The van der Waals surface area contributed by atoms with Gasteiger partial charge >= 0.3 is 0 Å². The Labute approximate surface area is 120 Å². The average molecular weight is 323 g/mol. The normalized spacial score (nSPS) is 12.2. The van der Waals surface area contributed by atoms with Gasteiger partial charge in [-0.25, -0.2) is 4.98 Å². The summed E-state index contributed by atoms with van der Waals surface area (Å²) < 4.78 is 6.20. The molecule has 2 aromatic heterocycles. The summed E-state index contributed by atoms with van der Waals surface area (Å²) in [6.07, 6.45) is 4.11. The molecule has 2 heterocycles. The largest absolute Gasteiger partial charge is 0.481 e. The minimum atomic E-state index is -0.0997. The molecule has 1 atom stereocenters. The number of ether oxygens (including phenoxy) is 1. The summed E-state index contributed by atoms with van der Waals surface area (Å²) in [5.41, 5.74) is 4.64. The molecule has 0 aliphatic carbocycles. The van der Waals surface area contributed by atoms with Crippen LogP contribution in [0.25, 0.3) is 0 Å². The lowest BCUT2D eigenvalue weighted by atomic mass is 10.0. The number of methoxy groups -OCH3 is 1. The second-order valence-electron chi connectivity index (χ2n) is 3.99. The van der Waals surface area contributed by atoms with Crippen LogP contribution in [0, 0.1) is 0 Å². The molecule has 19 heavy (non-hydrogen) atoms. The monoisotopic (exact) mass is 322 g/mol. The number of nitrogens with two attached hydrogens (primary N) is 1. The van der Waals surface area contributed by atoms with E-state index < -0.39 is 0 Å². The van der Waals surface area contributed by atoms with Crippen LogP contribution < -0.4 is 16.0 Å². The van der Waals surface area contributed by atoms with Gasteiger partial charge in [0.1, 0.15) is 0 Å². The van der Waals surface area contributed by atoms with E-state index in [1.807, 2.05) is 24.3 Å². The Morgan fingerprint density at radius 1 is 1.37 bits per heavy atom. The van der Waals surface area contributed by atoms with Crippen molar-refractivity contribution in [2.24, 2.45) is 5.84 Å². The van der Waals surface area contributed by atoms with Crippen LogP contribution in [0.15, 0.2) is 41.1 Å². The molecule has 3 N–H and O–H groups in total. The van der Waals surface area contributed by atoms with Gasteiger partial charge in [-0.1, -0.05) is 6.07 Å². The van der Waals surface area contributed by atoms with Crippen molar-refractivity contribution in [1.29, 1.82) is 0 Å². The predicted molar refractivity (Wildman–Crippen MR) is 76.5 cm³/mol. The number of nitrogens with zero attached hydrogens (tertiary/aromatic N) is 2. The second-order valence-corrected chi connectivity index (χ2v) is 4.91. The van der Waals surface area contributed by atoms with Crippen LogP contribution >= 0.6 is 15.9 Å². The van der Waals surface area contributed by atoms with E-state index in [9.17, 15) is 0 Å². The molecule has 0 radical (unpaired) electrons. The minimum Gasteiger partial charge on any atom is -0.481 e. The van der Waals surface area contributed by atoms with Crippen molar-refractivity contribution in [3.63, 3.8) is 0 Å². The third-order valence-electron chi connectivity index (χ3n) is 2.77. The molecule has 0 bridgehead atoms. The third-order valence-corrected chi connectivity index (χ3v) is 3.24. The van der Waals surface area contributed by atoms with Gasteiger partial charge in [0, 0.05) is 34.5 Å². The van der Waals surface area contributed by atoms with Crippen LogP contribution in [0.1, 0.15) is 17.3 Å². The van der Waals surface area contributed by atoms with E-state index in [1.54, 1.807) is 19.5 Å². The van der Waals surface area contributed by atoms with Gasteiger partial charge in [-0.15, -0.1) is 0 Å². The number of pyridine rings is 2. The van der Waals surface area contributed by atoms with Crippen LogP contribution in [0.2, 0.25) is 0 Å². The zero-order chi connectivity index (χ0) is 13.7. The van der Waals surface area contributed by atoms with E-state index in [-0.39, 0.29) is 6.04 Å². The highest BCUT2D eigenvalue weighted by atomic mass is 79.9. The molecule has 100 valence electrons. The fraction of sp³-hybridized carbons (Fsp3) is 0.231. The molecule has 0 aliphatic rings. The van der Waals surface area contributed by atoms with Crippen LogP contribution in [-0.2, 0) is 6.42 Å². The lowest BCUT2D eigenvalue weighted by molar-refractivity contribution is 0.382. The zero-order valence-corrected chi connectivity index (χ0v) is 12.1. The topological polar surface area (TPSA) is 73.1 Å². The van der Waals surface area contributed by atoms with Gasteiger partial charge < -0.3 is 4.74 Å². The summed E-state index contributed by atoms with van der Waals surface area (Å²) in [7, 11) is 1.59. The van der Waals surface area contributed by atoms with Gasteiger partial charge in [0.15, 0.2) is 0 Å². The highest BCUT2D eigenvalue weighted by Crippen LogP contribution is 2.24. The first-order chi connectivity index (χ1) is 9.24. The molecule has 2 aromatic rings. The van der Waals surface area contributed by atoms with Crippen molar-refractivity contribution in [2.45, 2.75) is 12.5 Å². The Morgan fingerprint density at radius 3 is 2.84 bits per heavy atom. The summed E-state index contributed by atoms with van der Waals surface area (Å²) in [6, 6.07) is 7.61. The summed E-state index contributed by atoms with van der Waals surface area (Å²) in [5, 5.41) is 0. The van der Waals surface area contributed by atoms with Gasteiger partial charge in [-0.3, -0.25) is 16.3 Å². The Morgan fingerprint density at radius 2 is 2.21 bits per heavy atom. The van der Waals surface area contributed by atoms with Crippen molar-refractivity contribution in [1.82, 2.24) is 15.4 Å². The molecule has 0 aromatic carbocycles. The van der Waals surface area contributed by atoms with Gasteiger partial charge in [-0.2, -0.15) is 0 Å². The Bertz CT molecular complexity index is 532. The van der Waals surface area contributed by atoms with Crippen molar-refractivity contribution >= 4 is 15.9 Å². The number of hydrazine groups is 1. The Balaban J connectivity index is 2.22. The molecule has 0 fully saturated rings. The lowest BCUT2D eigenvalue weighted by Gasteiger charge is -2.17. The highest BCUT2D eigenvalue weighted by molar-refractivity contribution is 9.10. The van der Waals surface area contributed by atoms with E-state index >= 15 is 0 Å². The van der Waals surface area contributed by atoms with E-state index in [2.05, 4.69) is 31.3 Å². The second kappa shape index (κ2) is 6.60. The standard InChI is InChI=1S/C13H15BrN4O/c1-19-13-11(3-2-6-16-13)12(18-15)7-10-5-4-9(14)8-17-10/h2-6,8,12,18H,7,15H2,1H3. The molecule has 6 heteroatoms. The number of rotatable bonds is 5. The fourth-order valence-corrected chi connectivity index (χ4v) is 2.07. The number of halogens is 1. The van der Waals surface area contributed by atoms with E-state index in [4.69, 9.17) is 10.6 Å². The lowest BCUT2D eigenvalue weighted by Crippen LogP contribution is -2.30. The number of nitrogens with one attached hydrogen (secondary N) is 1. The molecule has 0 saturated heterocycles. The SMILES string of the molecule is COc1ncccc1C(Cc1ccc(Br)cn1)NN. The van der Waals surface area contributed by atoms with Crippen LogP contribution in [-0.4, -0.2) is 17.1 Å². The first-order valence-electron chi connectivity index (χ1n) is 5.80. The number of hydrogen-bond acceptors (Lipinski definition) is 5. The van der Waals surface area contributed by atoms with Crippen LogP contribution in [0.3, 0.4) is 0 Å². The summed E-state index contributed by atoms with van der Waals surface area (Å²) in [5.74, 6) is 6.21. The van der Waals surface area contributed by atoms with Gasteiger partial charge in [0.25, 0.3) is 0 Å².